The molecule has 6 heteroatoms. The summed E-state index contributed by atoms with van der Waals surface area (Å²) in [5, 5.41) is 7.12. The molecule has 11 rings (SSSR count). The van der Waals surface area contributed by atoms with Crippen LogP contribution in [0.15, 0.2) is 168 Å². The molecule has 0 atom stereocenters. The third-order valence-corrected chi connectivity index (χ3v) is 17.6. The number of furan rings is 1. The zero-order chi connectivity index (χ0) is 47.5. The molecule has 0 N–H and O–H groups in total. The van der Waals surface area contributed by atoms with Crippen molar-refractivity contribution in [3.63, 3.8) is 0 Å². The third-order valence-electron chi connectivity index (χ3n) is 13.4. The van der Waals surface area contributed by atoms with Crippen LogP contribution in [0.4, 0.5) is 0 Å². The summed E-state index contributed by atoms with van der Waals surface area (Å²) in [4.78, 5) is 9.84. The van der Waals surface area contributed by atoms with E-state index < -0.39 is 13.3 Å². The van der Waals surface area contributed by atoms with Gasteiger partial charge in [-0.3, -0.25) is 4.98 Å². The number of hydrogen-bond donors (Lipinski definition) is 0. The van der Waals surface area contributed by atoms with Crippen LogP contribution in [0.2, 0.25) is 17.3 Å². The summed E-state index contributed by atoms with van der Waals surface area (Å²) in [6.07, 6.45) is 1.92. The number of benzene rings is 8. The van der Waals surface area contributed by atoms with Crippen molar-refractivity contribution < 1.29 is 24.5 Å². The Bertz CT molecular complexity index is 3620. The van der Waals surface area contributed by atoms with Gasteiger partial charge in [0.05, 0.1) is 22.4 Å². The largest absolute Gasteiger partial charge is 0 e. The average molecular weight is 1140 g/mol. The summed E-state index contributed by atoms with van der Waals surface area (Å²) in [6, 6.07) is 63.2. The summed E-state index contributed by atoms with van der Waals surface area (Å²) in [5.74, 6) is 8.57. The fourth-order valence-electron chi connectivity index (χ4n) is 9.71. The normalized spacial score (nSPS) is 12.1. The third kappa shape index (κ3) is 9.14. The van der Waals surface area contributed by atoms with Gasteiger partial charge in [-0.1, -0.05) is 138 Å². The van der Waals surface area contributed by atoms with Crippen LogP contribution >= 0.6 is 0 Å². The fraction of sp³-hybridized carbons (Fsp3) is 0.206. The van der Waals surface area contributed by atoms with E-state index in [-0.39, 0.29) is 37.4 Å². The summed E-state index contributed by atoms with van der Waals surface area (Å²) in [5.41, 5.74) is 14.1. The molecule has 0 saturated carbocycles. The molecule has 4 nitrogen and oxygen atoms in total. The van der Waals surface area contributed by atoms with E-state index in [9.17, 15) is 0 Å². The van der Waals surface area contributed by atoms with Crippen LogP contribution in [0.1, 0.15) is 77.0 Å². The molecule has 69 heavy (non-hydrogen) atoms. The Morgan fingerprint density at radius 2 is 1.32 bits per heavy atom. The molecule has 11 aromatic rings. The van der Waals surface area contributed by atoms with Crippen molar-refractivity contribution in [2.75, 3.05) is 0 Å². The van der Waals surface area contributed by atoms with Crippen LogP contribution in [0, 0.1) is 12.1 Å². The minimum Gasteiger partial charge on any atom is 0 e. The van der Waals surface area contributed by atoms with Crippen molar-refractivity contribution in [2.45, 2.75) is 83.0 Å². The molecule has 0 aliphatic heterocycles. The zero-order valence-electron chi connectivity index (χ0n) is 41.3. The first kappa shape index (κ1) is 47.9. The topological polar surface area (TPSA) is 43.9 Å². The molecule has 3 aromatic heterocycles. The van der Waals surface area contributed by atoms with Crippen LogP contribution in [-0.2, 0) is 25.5 Å². The van der Waals surface area contributed by atoms with E-state index in [0.29, 0.717) is 0 Å². The van der Waals surface area contributed by atoms with E-state index in [1.54, 1.807) is 0 Å². The van der Waals surface area contributed by atoms with Crippen molar-refractivity contribution in [1.82, 2.24) is 14.5 Å². The number of hydrogen-bond acceptors (Lipinski definition) is 3. The van der Waals surface area contributed by atoms with E-state index >= 15 is 0 Å². The Balaban J connectivity index is 0.000000296. The summed E-state index contributed by atoms with van der Waals surface area (Å²) in [6.45, 7) is 16.0. The predicted octanol–water partition coefficient (Wildman–Crippen LogP) is 17.0. The molecule has 347 valence electrons. The maximum Gasteiger partial charge on any atom is 0 e. The van der Waals surface area contributed by atoms with E-state index in [1.807, 2.05) is 24.4 Å². The summed E-state index contributed by atoms with van der Waals surface area (Å²) in [7, 11) is 0. The van der Waals surface area contributed by atoms with Crippen molar-refractivity contribution in [2.24, 2.45) is 0 Å². The first-order chi connectivity index (χ1) is 32.7. The van der Waals surface area contributed by atoms with E-state index in [1.165, 1.54) is 59.4 Å². The summed E-state index contributed by atoms with van der Waals surface area (Å²) < 4.78 is 11.0. The first-order valence-electron chi connectivity index (χ1n) is 24.0. The Kier molecular flexibility index (Phi) is 13.2. The molecule has 3 heterocycles. The molecular weight excluding hydrogens is 1080 g/mol. The van der Waals surface area contributed by atoms with Crippen molar-refractivity contribution in [1.29, 1.82) is 0 Å². The Morgan fingerprint density at radius 3 is 2.01 bits per heavy atom. The van der Waals surface area contributed by atoms with Gasteiger partial charge in [0.2, 0.25) is 0 Å². The maximum atomic E-state index is 7.07. The smallest absolute Gasteiger partial charge is 0 e. The number of nitrogens with zero attached hydrogens (tertiary/aromatic N) is 3. The van der Waals surface area contributed by atoms with Gasteiger partial charge in [0, 0.05) is 31.2 Å². The second-order valence-electron chi connectivity index (χ2n) is 20.9. The van der Waals surface area contributed by atoms with Crippen LogP contribution in [0.25, 0.3) is 94.0 Å². The van der Waals surface area contributed by atoms with Gasteiger partial charge in [0.15, 0.2) is 0 Å². The molecule has 0 fully saturated rings. The second-order valence-corrected chi connectivity index (χ2v) is 31.5. The standard InChI is InChI=1S/C49H43N2O.C14H16GeN.Ir/c1-29(2)37-26-34(31-15-9-8-10-16-31)27-38(30(3)4)46(37)51-43-20-14-13-19-42(43)50-48(51)36-23-24-41(49(5,6)7)45-40-25-33-22-21-32-17-11-12-18-35(32)39(33)28-44(40)52-47(36)45;1-15(2,3)13-9-10-16-14(11-13)12-7-5-4-6-8-12;/h8-22,24-30H,1-7H3;4-7,9-11H,1-3H3;/q2*-1;. The van der Waals surface area contributed by atoms with Gasteiger partial charge in [-0.05, 0) is 97.4 Å². The van der Waals surface area contributed by atoms with Crippen LogP contribution in [0.5, 0.6) is 0 Å². The van der Waals surface area contributed by atoms with E-state index in [0.717, 1.165) is 55.6 Å². The first-order valence-corrected chi connectivity index (χ1v) is 31.4. The molecule has 1 radical (unpaired) electrons. The fourth-order valence-corrected chi connectivity index (χ4v) is 12.1. The average Bonchev–Trinajstić information content (AvgIpc) is 3.91. The number of para-hydroxylation sites is 2. The van der Waals surface area contributed by atoms with Gasteiger partial charge in [0.25, 0.3) is 0 Å². The molecule has 0 aliphatic carbocycles. The zero-order valence-corrected chi connectivity index (χ0v) is 45.8. The Morgan fingerprint density at radius 1 is 0.638 bits per heavy atom. The van der Waals surface area contributed by atoms with E-state index in [2.05, 4.69) is 227 Å². The quantitative estimate of drug-likeness (QED) is 0.0907. The van der Waals surface area contributed by atoms with Gasteiger partial charge in [-0.25, -0.2) is 0 Å². The molecule has 0 amide bonds. The van der Waals surface area contributed by atoms with Gasteiger partial charge >= 0.3 is 99.8 Å². The Labute approximate surface area is 423 Å². The molecular formula is C63H59GeIrN3O-2. The predicted molar refractivity (Wildman–Crippen MR) is 291 cm³/mol. The monoisotopic (exact) mass is 1140 g/mol. The minimum atomic E-state index is -1.75. The van der Waals surface area contributed by atoms with Crippen LogP contribution in [0.3, 0.4) is 0 Å². The van der Waals surface area contributed by atoms with E-state index in [4.69, 9.17) is 9.40 Å². The van der Waals surface area contributed by atoms with Crippen molar-refractivity contribution in [3.8, 4) is 39.5 Å². The van der Waals surface area contributed by atoms with Gasteiger partial charge in [-0.2, -0.15) is 0 Å². The second kappa shape index (κ2) is 19.0. The molecule has 0 spiro atoms. The van der Waals surface area contributed by atoms with Gasteiger partial charge < -0.3 is 8.98 Å². The van der Waals surface area contributed by atoms with Crippen LogP contribution < -0.4 is 4.40 Å². The van der Waals surface area contributed by atoms with Gasteiger partial charge in [0.1, 0.15) is 5.58 Å². The summed E-state index contributed by atoms with van der Waals surface area (Å²) >= 11 is -1.75. The number of aromatic nitrogens is 3. The Hall–Kier alpha value is -6.11. The van der Waals surface area contributed by atoms with Gasteiger partial charge in [-0.15, -0.1) is 17.7 Å². The molecule has 0 bridgehead atoms. The molecule has 8 aromatic carbocycles. The number of imidazole rings is 1. The van der Waals surface area contributed by atoms with Crippen LogP contribution in [-0.4, -0.2) is 27.8 Å². The SMILES string of the molecule is CC(C)c1cc(-c2ccccc2)cc(C(C)C)c1-n1c(-c2[c-]cc(C(C)(C)C)c3c2oc2cc4c(ccc5ccccc54)cc23)nc2ccccc21.[CH3][Ge]([CH3])([CH3])[c]1ccnc(-c2[c-]cccc2)c1.[Ir]. The number of fused-ring (bicyclic) bond motifs is 7. The maximum absolute atomic E-state index is 7.07. The minimum absolute atomic E-state index is 0. The number of rotatable bonds is 7. The molecule has 0 saturated heterocycles. The molecule has 0 unspecified atom stereocenters. The molecule has 0 aliphatic rings. The van der Waals surface area contributed by atoms with Crippen molar-refractivity contribution >= 4 is 72.2 Å². The van der Waals surface area contributed by atoms with Crippen molar-refractivity contribution in [3.05, 3.63) is 193 Å². The number of pyridine rings is 1.